The molecule has 2 N–H and O–H groups in total. The smallest absolute Gasteiger partial charge is 0.106 e. The second kappa shape index (κ2) is 3.62. The first-order chi connectivity index (χ1) is 7.14. The standard InChI is InChI=1S/C13H19NO/c1-9-4-5-10(2)12-11(9)6-7-13(12,8-14)15-3/h4-5H,6-8,14H2,1-3H3. The highest BCUT2D eigenvalue weighted by atomic mass is 16.5. The number of hydrogen-bond donors (Lipinski definition) is 1. The molecule has 0 heterocycles. The van der Waals surface area contributed by atoms with Gasteiger partial charge in [-0.3, -0.25) is 0 Å². The zero-order chi connectivity index (χ0) is 11.1. The van der Waals surface area contributed by atoms with Crippen molar-refractivity contribution in [3.63, 3.8) is 0 Å². The van der Waals surface area contributed by atoms with Gasteiger partial charge < -0.3 is 10.5 Å². The summed E-state index contributed by atoms with van der Waals surface area (Å²) in [7, 11) is 1.77. The summed E-state index contributed by atoms with van der Waals surface area (Å²) in [6.07, 6.45) is 2.11. The molecule has 15 heavy (non-hydrogen) atoms. The fourth-order valence-corrected chi connectivity index (χ4v) is 2.77. The number of fused-ring (bicyclic) bond motifs is 1. The summed E-state index contributed by atoms with van der Waals surface area (Å²) in [5, 5.41) is 0. The summed E-state index contributed by atoms with van der Waals surface area (Å²) in [5.74, 6) is 0. The Kier molecular flexibility index (Phi) is 2.57. The Bertz CT molecular complexity index is 380. The van der Waals surface area contributed by atoms with E-state index in [0.29, 0.717) is 6.54 Å². The minimum Gasteiger partial charge on any atom is -0.372 e. The van der Waals surface area contributed by atoms with E-state index in [9.17, 15) is 0 Å². The molecule has 0 radical (unpaired) electrons. The van der Waals surface area contributed by atoms with E-state index < -0.39 is 0 Å². The SMILES string of the molecule is COC1(CN)CCc2c(C)ccc(C)c21. The van der Waals surface area contributed by atoms with Crippen molar-refractivity contribution < 1.29 is 4.74 Å². The predicted octanol–water partition coefficient (Wildman–Crippen LogP) is 2.05. The maximum absolute atomic E-state index is 5.89. The lowest BCUT2D eigenvalue weighted by Crippen LogP contribution is -2.35. The summed E-state index contributed by atoms with van der Waals surface area (Å²) in [6.45, 7) is 4.88. The van der Waals surface area contributed by atoms with Crippen LogP contribution in [-0.4, -0.2) is 13.7 Å². The number of methoxy groups -OCH3 is 1. The predicted molar refractivity (Wildman–Crippen MR) is 62.0 cm³/mol. The van der Waals surface area contributed by atoms with Crippen LogP contribution in [0.25, 0.3) is 0 Å². The zero-order valence-electron chi connectivity index (χ0n) is 9.76. The van der Waals surface area contributed by atoms with Crippen molar-refractivity contribution in [2.24, 2.45) is 5.73 Å². The van der Waals surface area contributed by atoms with Gasteiger partial charge in [-0.1, -0.05) is 12.1 Å². The maximum Gasteiger partial charge on any atom is 0.106 e. The summed E-state index contributed by atoms with van der Waals surface area (Å²) in [5.41, 5.74) is 11.1. The third kappa shape index (κ3) is 1.40. The molecular formula is C13H19NO. The van der Waals surface area contributed by atoms with Crippen LogP contribution in [0.3, 0.4) is 0 Å². The maximum atomic E-state index is 5.89. The third-order valence-electron chi connectivity index (χ3n) is 3.71. The van der Waals surface area contributed by atoms with Crippen LogP contribution in [0.4, 0.5) is 0 Å². The topological polar surface area (TPSA) is 35.2 Å². The van der Waals surface area contributed by atoms with E-state index in [0.717, 1.165) is 12.8 Å². The van der Waals surface area contributed by atoms with Crippen LogP contribution in [0.2, 0.25) is 0 Å². The van der Waals surface area contributed by atoms with E-state index >= 15 is 0 Å². The van der Waals surface area contributed by atoms with E-state index in [1.165, 1.54) is 22.3 Å². The molecule has 2 nitrogen and oxygen atoms in total. The first-order valence-electron chi connectivity index (χ1n) is 5.49. The number of nitrogens with two attached hydrogens (primary N) is 1. The monoisotopic (exact) mass is 205 g/mol. The van der Waals surface area contributed by atoms with Crippen LogP contribution in [-0.2, 0) is 16.8 Å². The quantitative estimate of drug-likeness (QED) is 0.802. The Morgan fingerprint density at radius 3 is 2.60 bits per heavy atom. The van der Waals surface area contributed by atoms with Crippen LogP contribution in [0.5, 0.6) is 0 Å². The number of aryl methyl sites for hydroxylation is 2. The molecule has 2 rings (SSSR count). The molecule has 0 aromatic heterocycles. The summed E-state index contributed by atoms with van der Waals surface area (Å²) in [4.78, 5) is 0. The lowest BCUT2D eigenvalue weighted by atomic mass is 9.90. The highest BCUT2D eigenvalue weighted by molar-refractivity contribution is 5.47. The van der Waals surface area contributed by atoms with E-state index in [2.05, 4.69) is 26.0 Å². The van der Waals surface area contributed by atoms with Crippen molar-refractivity contribution in [3.8, 4) is 0 Å². The average molecular weight is 205 g/mol. The Morgan fingerprint density at radius 1 is 1.33 bits per heavy atom. The molecule has 1 aliphatic rings. The van der Waals surface area contributed by atoms with Crippen molar-refractivity contribution in [1.82, 2.24) is 0 Å². The lowest BCUT2D eigenvalue weighted by molar-refractivity contribution is -0.00559. The molecule has 1 unspecified atom stereocenters. The van der Waals surface area contributed by atoms with Gasteiger partial charge in [-0.25, -0.2) is 0 Å². The van der Waals surface area contributed by atoms with Gasteiger partial charge in [0.1, 0.15) is 5.60 Å². The number of rotatable bonds is 2. The molecule has 0 bridgehead atoms. The first-order valence-corrected chi connectivity index (χ1v) is 5.49. The molecule has 1 aliphatic carbocycles. The lowest BCUT2D eigenvalue weighted by Gasteiger charge is -2.28. The third-order valence-corrected chi connectivity index (χ3v) is 3.71. The van der Waals surface area contributed by atoms with Crippen molar-refractivity contribution in [2.75, 3.05) is 13.7 Å². The number of benzene rings is 1. The molecule has 0 saturated heterocycles. The van der Waals surface area contributed by atoms with Crippen molar-refractivity contribution in [3.05, 3.63) is 34.4 Å². The molecule has 0 fully saturated rings. The molecule has 82 valence electrons. The van der Waals surface area contributed by atoms with E-state index in [1.54, 1.807) is 7.11 Å². The van der Waals surface area contributed by atoms with Gasteiger partial charge in [0, 0.05) is 13.7 Å². The van der Waals surface area contributed by atoms with Gasteiger partial charge in [0.15, 0.2) is 0 Å². The van der Waals surface area contributed by atoms with Crippen LogP contribution in [0.1, 0.15) is 28.7 Å². The molecule has 0 amide bonds. The number of hydrogen-bond acceptors (Lipinski definition) is 2. The van der Waals surface area contributed by atoms with E-state index in [-0.39, 0.29) is 5.60 Å². The first kappa shape index (κ1) is 10.7. The molecule has 2 heteroatoms. The largest absolute Gasteiger partial charge is 0.372 e. The average Bonchev–Trinajstić information content (AvgIpc) is 2.65. The van der Waals surface area contributed by atoms with E-state index in [4.69, 9.17) is 10.5 Å². The highest BCUT2D eigenvalue weighted by Crippen LogP contribution is 2.42. The molecule has 1 atom stereocenters. The van der Waals surface area contributed by atoms with Crippen molar-refractivity contribution in [1.29, 1.82) is 0 Å². The normalized spacial score (nSPS) is 24.3. The minimum absolute atomic E-state index is 0.231. The highest BCUT2D eigenvalue weighted by Gasteiger charge is 2.39. The fraction of sp³-hybridized carbons (Fsp3) is 0.538. The van der Waals surface area contributed by atoms with Gasteiger partial charge in [-0.15, -0.1) is 0 Å². The van der Waals surface area contributed by atoms with Crippen LogP contribution in [0.15, 0.2) is 12.1 Å². The minimum atomic E-state index is -0.231. The molecule has 0 spiro atoms. The van der Waals surface area contributed by atoms with E-state index in [1.807, 2.05) is 0 Å². The van der Waals surface area contributed by atoms with Gasteiger partial charge in [-0.05, 0) is 48.9 Å². The molecule has 1 aromatic rings. The van der Waals surface area contributed by atoms with Gasteiger partial charge in [0.25, 0.3) is 0 Å². The molecule has 0 saturated carbocycles. The second-order valence-corrected chi connectivity index (χ2v) is 4.46. The fourth-order valence-electron chi connectivity index (χ4n) is 2.77. The summed E-state index contributed by atoms with van der Waals surface area (Å²) in [6, 6.07) is 4.36. The Balaban J connectivity index is 2.63. The summed E-state index contributed by atoms with van der Waals surface area (Å²) < 4.78 is 5.69. The zero-order valence-corrected chi connectivity index (χ0v) is 9.76. The van der Waals surface area contributed by atoms with Crippen LogP contribution < -0.4 is 5.73 Å². The van der Waals surface area contributed by atoms with Crippen molar-refractivity contribution >= 4 is 0 Å². The van der Waals surface area contributed by atoms with Gasteiger partial charge in [-0.2, -0.15) is 0 Å². The van der Waals surface area contributed by atoms with Gasteiger partial charge in [0.05, 0.1) is 0 Å². The second-order valence-electron chi connectivity index (χ2n) is 4.46. The number of ether oxygens (including phenoxy) is 1. The van der Waals surface area contributed by atoms with Crippen LogP contribution in [0, 0.1) is 13.8 Å². The van der Waals surface area contributed by atoms with Gasteiger partial charge in [0.2, 0.25) is 0 Å². The van der Waals surface area contributed by atoms with Gasteiger partial charge >= 0.3 is 0 Å². The molecule has 1 aromatic carbocycles. The Hall–Kier alpha value is -0.860. The Morgan fingerprint density at radius 2 is 2.00 bits per heavy atom. The van der Waals surface area contributed by atoms with Crippen molar-refractivity contribution in [2.45, 2.75) is 32.3 Å². The van der Waals surface area contributed by atoms with Crippen LogP contribution >= 0.6 is 0 Å². The summed E-state index contributed by atoms with van der Waals surface area (Å²) >= 11 is 0. The Labute approximate surface area is 91.4 Å². The molecule has 0 aliphatic heterocycles. The molecular weight excluding hydrogens is 186 g/mol.